The quantitative estimate of drug-likeness (QED) is 0.516. The summed E-state index contributed by atoms with van der Waals surface area (Å²) in [6, 6.07) is -1.62. The predicted molar refractivity (Wildman–Crippen MR) is 126 cm³/mol. The maximum atomic E-state index is 13.6. The minimum absolute atomic E-state index is 0.0979. The second-order valence-electron chi connectivity index (χ2n) is 11.7. The highest BCUT2D eigenvalue weighted by molar-refractivity contribution is 5.96. The number of aliphatic carboxylic acids is 1. The molecular weight excluding hydrogens is 438 g/mol. The molecule has 2 aliphatic carbocycles. The standard InChI is InChI=1S/C25H41N3O6/c1-7-16-13-25(16,22(31)32)27-20(29)18-9-8-10-28(18)21(30)19(24(4,5)6)26-23(33)34-17-11-14(2)15(3)12-17/h14-19H,7-13H2,1-6H3,(H,26,33)(H,27,29)(H,31,32)/t14-,15?,16-,17?,18+,19-,25-/m1/s1. The zero-order chi connectivity index (χ0) is 25.4. The van der Waals surface area contributed by atoms with Crippen molar-refractivity contribution in [3.05, 3.63) is 0 Å². The third-order valence-electron chi connectivity index (χ3n) is 8.05. The first-order valence-electron chi connectivity index (χ1n) is 12.6. The summed E-state index contributed by atoms with van der Waals surface area (Å²) in [5, 5.41) is 15.2. The van der Waals surface area contributed by atoms with Crippen molar-refractivity contribution in [1.82, 2.24) is 15.5 Å². The topological polar surface area (TPSA) is 125 Å². The summed E-state index contributed by atoms with van der Waals surface area (Å²) in [5.74, 6) is -0.949. The predicted octanol–water partition coefficient (Wildman–Crippen LogP) is 2.92. The van der Waals surface area contributed by atoms with Gasteiger partial charge in [-0.25, -0.2) is 9.59 Å². The van der Waals surface area contributed by atoms with Crippen LogP contribution in [0.3, 0.4) is 0 Å². The molecule has 1 heterocycles. The molecule has 1 aliphatic heterocycles. The molecular formula is C25H41N3O6. The van der Waals surface area contributed by atoms with Gasteiger partial charge in [-0.05, 0) is 55.3 Å². The highest BCUT2D eigenvalue weighted by atomic mass is 16.6. The van der Waals surface area contributed by atoms with Gasteiger partial charge >= 0.3 is 12.1 Å². The van der Waals surface area contributed by atoms with Crippen LogP contribution < -0.4 is 10.6 Å². The van der Waals surface area contributed by atoms with Crippen LogP contribution >= 0.6 is 0 Å². The first-order chi connectivity index (χ1) is 15.8. The van der Waals surface area contributed by atoms with Crippen molar-refractivity contribution in [1.29, 1.82) is 0 Å². The smallest absolute Gasteiger partial charge is 0.408 e. The zero-order valence-electron chi connectivity index (χ0n) is 21.3. The fraction of sp³-hybridized carbons (Fsp3) is 0.840. The molecule has 0 aromatic rings. The van der Waals surface area contributed by atoms with E-state index in [1.165, 1.54) is 4.90 Å². The van der Waals surface area contributed by atoms with Gasteiger partial charge in [-0.3, -0.25) is 9.59 Å². The van der Waals surface area contributed by atoms with E-state index < -0.39 is 41.0 Å². The normalized spacial score (nSPS) is 33.8. The number of carbonyl (C=O) groups is 4. The third kappa shape index (κ3) is 5.33. The molecule has 2 saturated carbocycles. The van der Waals surface area contributed by atoms with Crippen LogP contribution in [0.25, 0.3) is 0 Å². The van der Waals surface area contributed by atoms with Crippen LogP contribution in [0, 0.1) is 23.2 Å². The minimum Gasteiger partial charge on any atom is -0.479 e. The largest absolute Gasteiger partial charge is 0.479 e. The number of rotatable bonds is 7. The number of nitrogens with zero attached hydrogens (tertiary/aromatic N) is 1. The van der Waals surface area contributed by atoms with Gasteiger partial charge < -0.3 is 25.4 Å². The summed E-state index contributed by atoms with van der Waals surface area (Å²) in [6.45, 7) is 12.1. The Hall–Kier alpha value is -2.32. The van der Waals surface area contributed by atoms with Gasteiger partial charge in [-0.2, -0.15) is 0 Å². The average molecular weight is 480 g/mol. The van der Waals surface area contributed by atoms with Crippen molar-refractivity contribution < 1.29 is 29.0 Å². The van der Waals surface area contributed by atoms with Gasteiger partial charge in [-0.15, -0.1) is 0 Å². The van der Waals surface area contributed by atoms with Crippen molar-refractivity contribution in [2.45, 2.75) is 104 Å². The van der Waals surface area contributed by atoms with Crippen LogP contribution in [0.1, 0.15) is 80.1 Å². The highest BCUT2D eigenvalue weighted by Crippen LogP contribution is 2.46. The number of carbonyl (C=O) groups excluding carboxylic acids is 3. The average Bonchev–Trinajstić information content (AvgIpc) is 3.07. The molecule has 192 valence electrons. The number of ether oxygens (including phenoxy) is 1. The van der Waals surface area contributed by atoms with E-state index in [2.05, 4.69) is 24.5 Å². The molecule has 3 N–H and O–H groups in total. The van der Waals surface area contributed by atoms with E-state index in [1.807, 2.05) is 27.7 Å². The number of alkyl carbamates (subject to hydrolysis) is 1. The molecule has 0 aromatic carbocycles. The van der Waals surface area contributed by atoms with Crippen molar-refractivity contribution in [2.24, 2.45) is 23.2 Å². The molecule has 0 radical (unpaired) electrons. The molecule has 9 nitrogen and oxygen atoms in total. The number of nitrogens with one attached hydrogen (secondary N) is 2. The molecule has 3 amide bonds. The molecule has 1 saturated heterocycles. The Morgan fingerprint density at radius 1 is 1.15 bits per heavy atom. The van der Waals surface area contributed by atoms with Crippen LogP contribution in [0.5, 0.6) is 0 Å². The Morgan fingerprint density at radius 3 is 2.26 bits per heavy atom. The summed E-state index contributed by atoms with van der Waals surface area (Å²) >= 11 is 0. The van der Waals surface area contributed by atoms with E-state index in [-0.39, 0.29) is 17.9 Å². The highest BCUT2D eigenvalue weighted by Gasteiger charge is 2.61. The maximum absolute atomic E-state index is 13.6. The lowest BCUT2D eigenvalue weighted by molar-refractivity contribution is -0.146. The Kier molecular flexibility index (Phi) is 7.53. The lowest BCUT2D eigenvalue weighted by atomic mass is 9.85. The Labute approximate surface area is 202 Å². The molecule has 34 heavy (non-hydrogen) atoms. The zero-order valence-corrected chi connectivity index (χ0v) is 21.3. The number of likely N-dealkylation sites (tertiary alicyclic amines) is 1. The summed E-state index contributed by atoms with van der Waals surface area (Å²) in [4.78, 5) is 52.7. The third-order valence-corrected chi connectivity index (χ3v) is 8.05. The van der Waals surface area contributed by atoms with E-state index in [1.54, 1.807) is 0 Å². The monoisotopic (exact) mass is 479 g/mol. The second kappa shape index (κ2) is 9.74. The van der Waals surface area contributed by atoms with Crippen molar-refractivity contribution in [3.8, 4) is 0 Å². The molecule has 0 bridgehead atoms. The molecule has 3 rings (SSSR count). The number of hydrogen-bond donors (Lipinski definition) is 3. The van der Waals surface area contributed by atoms with Crippen molar-refractivity contribution in [2.75, 3.05) is 6.54 Å². The Balaban J connectivity index is 1.68. The van der Waals surface area contributed by atoms with Crippen molar-refractivity contribution in [3.63, 3.8) is 0 Å². The van der Waals surface area contributed by atoms with Gasteiger partial charge in [-0.1, -0.05) is 48.0 Å². The van der Waals surface area contributed by atoms with Crippen LogP contribution in [-0.2, 0) is 19.1 Å². The molecule has 2 unspecified atom stereocenters. The summed E-state index contributed by atoms with van der Waals surface area (Å²) in [5.41, 5.74) is -1.84. The summed E-state index contributed by atoms with van der Waals surface area (Å²) in [6.07, 6.45) is 3.00. The van der Waals surface area contributed by atoms with Crippen LogP contribution in [-0.4, -0.2) is 64.2 Å². The van der Waals surface area contributed by atoms with Crippen LogP contribution in [0.4, 0.5) is 4.79 Å². The van der Waals surface area contributed by atoms with E-state index in [0.717, 1.165) is 12.8 Å². The van der Waals surface area contributed by atoms with E-state index in [4.69, 9.17) is 4.74 Å². The molecule has 9 heteroatoms. The lowest BCUT2D eigenvalue weighted by Crippen LogP contribution is -2.59. The molecule has 0 spiro atoms. The van der Waals surface area contributed by atoms with E-state index in [9.17, 15) is 24.3 Å². The summed E-state index contributed by atoms with van der Waals surface area (Å²) < 4.78 is 5.62. The minimum atomic E-state index is -1.23. The SMILES string of the molecule is CC[C@@H]1C[C@]1(NC(=O)[C@@H]1CCCN1C(=O)[C@@H](NC(=O)OC1CC(C)[C@H](C)C1)C(C)(C)C)C(=O)O. The van der Waals surface area contributed by atoms with Crippen molar-refractivity contribution >= 4 is 23.9 Å². The van der Waals surface area contributed by atoms with Gasteiger partial charge in [0.2, 0.25) is 11.8 Å². The van der Waals surface area contributed by atoms with Gasteiger partial charge in [0, 0.05) is 6.54 Å². The van der Waals surface area contributed by atoms with E-state index >= 15 is 0 Å². The molecule has 7 atom stereocenters. The fourth-order valence-electron chi connectivity index (χ4n) is 5.50. The number of hydrogen-bond acceptors (Lipinski definition) is 5. The fourth-order valence-corrected chi connectivity index (χ4v) is 5.50. The lowest BCUT2D eigenvalue weighted by Gasteiger charge is -2.35. The molecule has 3 fully saturated rings. The Morgan fingerprint density at radius 2 is 1.76 bits per heavy atom. The van der Waals surface area contributed by atoms with Gasteiger partial charge in [0.25, 0.3) is 0 Å². The summed E-state index contributed by atoms with van der Waals surface area (Å²) in [7, 11) is 0. The first-order valence-corrected chi connectivity index (χ1v) is 12.6. The van der Waals surface area contributed by atoms with Crippen LogP contribution in [0.2, 0.25) is 0 Å². The number of carboxylic acid groups (broad SMARTS) is 1. The molecule has 0 aromatic heterocycles. The second-order valence-corrected chi connectivity index (χ2v) is 11.7. The number of amides is 3. The van der Waals surface area contributed by atoms with Crippen LogP contribution in [0.15, 0.2) is 0 Å². The Bertz CT molecular complexity index is 814. The first kappa shape index (κ1) is 26.3. The number of carboxylic acids is 1. The molecule has 3 aliphatic rings. The van der Waals surface area contributed by atoms with Gasteiger partial charge in [0.15, 0.2) is 0 Å². The maximum Gasteiger partial charge on any atom is 0.408 e. The van der Waals surface area contributed by atoms with Gasteiger partial charge in [0.1, 0.15) is 23.7 Å². The van der Waals surface area contributed by atoms with E-state index in [0.29, 0.717) is 44.1 Å². The van der Waals surface area contributed by atoms with Gasteiger partial charge in [0.05, 0.1) is 0 Å².